The predicted octanol–water partition coefficient (Wildman–Crippen LogP) is 3.54. The van der Waals surface area contributed by atoms with Gasteiger partial charge in [-0.3, -0.25) is 4.57 Å². The number of imidazole rings is 1. The Hall–Kier alpha value is -2.53. The van der Waals surface area contributed by atoms with Crippen molar-refractivity contribution < 1.29 is 0 Å². The van der Waals surface area contributed by atoms with Crippen molar-refractivity contribution in [2.45, 2.75) is 0 Å². The normalized spacial score (nSPS) is 11.0. The molecular formula is C15H10N4S. The first kappa shape index (κ1) is 11.3. The van der Waals surface area contributed by atoms with Crippen LogP contribution in [0.3, 0.4) is 0 Å². The third kappa shape index (κ3) is 1.80. The monoisotopic (exact) mass is 278 g/mol. The van der Waals surface area contributed by atoms with Crippen molar-refractivity contribution in [1.29, 1.82) is 0 Å². The Morgan fingerprint density at radius 1 is 1.00 bits per heavy atom. The molecule has 1 aromatic carbocycles. The second-order valence-corrected chi connectivity index (χ2v) is 5.28. The van der Waals surface area contributed by atoms with Gasteiger partial charge in [0.1, 0.15) is 12.1 Å². The van der Waals surface area contributed by atoms with Crippen LogP contribution in [0.25, 0.3) is 27.4 Å². The van der Waals surface area contributed by atoms with Crippen molar-refractivity contribution in [1.82, 2.24) is 19.5 Å². The average Bonchev–Trinajstić information content (AvgIpc) is 3.19. The molecule has 3 heterocycles. The fourth-order valence-corrected chi connectivity index (χ4v) is 2.81. The molecule has 0 N–H and O–H groups in total. The van der Waals surface area contributed by atoms with E-state index in [0.717, 1.165) is 27.4 Å². The van der Waals surface area contributed by atoms with E-state index in [9.17, 15) is 0 Å². The highest BCUT2D eigenvalue weighted by Gasteiger charge is 2.10. The molecule has 0 radical (unpaired) electrons. The molecule has 0 amide bonds. The van der Waals surface area contributed by atoms with Crippen LogP contribution in [0.15, 0.2) is 60.5 Å². The van der Waals surface area contributed by atoms with E-state index >= 15 is 0 Å². The number of fused-ring (bicyclic) bond motifs is 1. The van der Waals surface area contributed by atoms with Gasteiger partial charge in [0.25, 0.3) is 0 Å². The molecule has 0 spiro atoms. The third-order valence-corrected chi connectivity index (χ3v) is 3.94. The van der Waals surface area contributed by atoms with Gasteiger partial charge < -0.3 is 0 Å². The van der Waals surface area contributed by atoms with E-state index in [0.29, 0.717) is 0 Å². The lowest BCUT2D eigenvalue weighted by molar-refractivity contribution is 0.998. The van der Waals surface area contributed by atoms with E-state index in [1.54, 1.807) is 23.9 Å². The van der Waals surface area contributed by atoms with Crippen molar-refractivity contribution in [3.8, 4) is 16.5 Å². The molecule has 3 aromatic heterocycles. The Morgan fingerprint density at radius 3 is 2.75 bits per heavy atom. The number of hydrogen-bond donors (Lipinski definition) is 0. The van der Waals surface area contributed by atoms with Crippen LogP contribution in [0, 0.1) is 0 Å². The lowest BCUT2D eigenvalue weighted by atomic mass is 10.2. The van der Waals surface area contributed by atoms with Crippen LogP contribution in [0.5, 0.6) is 0 Å². The molecule has 4 rings (SSSR count). The van der Waals surface area contributed by atoms with Crippen LogP contribution in [-0.4, -0.2) is 19.5 Å². The molecule has 5 heteroatoms. The number of thiophene rings is 1. The molecule has 4 nitrogen and oxygen atoms in total. The number of benzene rings is 1. The van der Waals surface area contributed by atoms with E-state index in [-0.39, 0.29) is 0 Å². The summed E-state index contributed by atoms with van der Waals surface area (Å²) in [6, 6.07) is 12.1. The zero-order valence-electron chi connectivity index (χ0n) is 10.5. The summed E-state index contributed by atoms with van der Waals surface area (Å²) in [5.41, 5.74) is 0.939. The molecular weight excluding hydrogens is 268 g/mol. The molecule has 0 fully saturated rings. The Morgan fingerprint density at radius 2 is 1.95 bits per heavy atom. The van der Waals surface area contributed by atoms with Crippen LogP contribution in [0.2, 0.25) is 0 Å². The molecule has 0 aliphatic heterocycles. The highest BCUT2D eigenvalue weighted by molar-refractivity contribution is 7.13. The van der Waals surface area contributed by atoms with Crippen molar-refractivity contribution in [2.24, 2.45) is 0 Å². The summed E-state index contributed by atoms with van der Waals surface area (Å²) in [5.74, 6) is 1.61. The maximum absolute atomic E-state index is 4.71. The van der Waals surface area contributed by atoms with E-state index < -0.39 is 0 Å². The Kier molecular flexibility index (Phi) is 2.57. The van der Waals surface area contributed by atoms with Gasteiger partial charge in [0.15, 0.2) is 5.82 Å². The molecule has 20 heavy (non-hydrogen) atoms. The highest BCUT2D eigenvalue weighted by Crippen LogP contribution is 2.26. The molecule has 96 valence electrons. The number of rotatable bonds is 2. The zero-order chi connectivity index (χ0) is 13.4. The second-order valence-electron chi connectivity index (χ2n) is 4.34. The summed E-state index contributed by atoms with van der Waals surface area (Å²) in [6.45, 7) is 0. The number of nitrogens with zero attached hydrogens (tertiary/aromatic N) is 4. The average molecular weight is 278 g/mol. The molecule has 0 atom stereocenters. The standard InChI is InChI=1S/C15H10N4S/c1-2-5-12-11(4-1)15(19-8-7-16-10-19)18-14(17-12)13-6-3-9-20-13/h1-10H. The van der Waals surface area contributed by atoms with Crippen molar-refractivity contribution >= 4 is 22.2 Å². The van der Waals surface area contributed by atoms with Gasteiger partial charge in [0.05, 0.1) is 10.4 Å². The van der Waals surface area contributed by atoms with Gasteiger partial charge in [-0.1, -0.05) is 18.2 Å². The van der Waals surface area contributed by atoms with E-state index in [2.05, 4.69) is 9.97 Å². The molecule has 0 unspecified atom stereocenters. The second kappa shape index (κ2) is 4.54. The SMILES string of the molecule is c1csc(-c2nc(-n3ccnc3)c3ccccc3n2)c1. The molecule has 0 bridgehead atoms. The van der Waals surface area contributed by atoms with E-state index in [4.69, 9.17) is 4.98 Å². The molecule has 0 saturated heterocycles. The zero-order valence-corrected chi connectivity index (χ0v) is 11.3. The topological polar surface area (TPSA) is 43.6 Å². The van der Waals surface area contributed by atoms with Crippen LogP contribution < -0.4 is 0 Å². The van der Waals surface area contributed by atoms with Gasteiger partial charge >= 0.3 is 0 Å². The van der Waals surface area contributed by atoms with E-state index in [1.165, 1.54) is 0 Å². The summed E-state index contributed by atoms with van der Waals surface area (Å²) in [4.78, 5) is 14.5. The summed E-state index contributed by atoms with van der Waals surface area (Å²) in [7, 11) is 0. The van der Waals surface area contributed by atoms with Crippen LogP contribution >= 0.6 is 11.3 Å². The van der Waals surface area contributed by atoms with Crippen molar-refractivity contribution in [3.05, 3.63) is 60.5 Å². The maximum Gasteiger partial charge on any atom is 0.172 e. The van der Waals surface area contributed by atoms with Gasteiger partial charge in [-0.25, -0.2) is 15.0 Å². The molecule has 4 aromatic rings. The number of hydrogen-bond acceptors (Lipinski definition) is 4. The fraction of sp³-hybridized carbons (Fsp3) is 0. The van der Waals surface area contributed by atoms with Crippen molar-refractivity contribution in [2.75, 3.05) is 0 Å². The minimum Gasteiger partial charge on any atom is -0.290 e. The number of aromatic nitrogens is 4. The summed E-state index contributed by atoms with van der Waals surface area (Å²) in [6.07, 6.45) is 5.40. The van der Waals surface area contributed by atoms with Crippen LogP contribution in [-0.2, 0) is 0 Å². The predicted molar refractivity (Wildman–Crippen MR) is 80.0 cm³/mol. The van der Waals surface area contributed by atoms with Gasteiger partial charge in [0, 0.05) is 17.8 Å². The Labute approximate surface area is 119 Å². The first-order valence-corrected chi connectivity index (χ1v) is 7.09. The summed E-state index contributed by atoms with van der Waals surface area (Å²) >= 11 is 1.64. The van der Waals surface area contributed by atoms with Gasteiger partial charge in [-0.05, 0) is 23.6 Å². The Balaban J connectivity index is 2.05. The molecule has 0 saturated carbocycles. The van der Waals surface area contributed by atoms with Gasteiger partial charge in [-0.2, -0.15) is 0 Å². The van der Waals surface area contributed by atoms with Gasteiger partial charge in [0.2, 0.25) is 0 Å². The van der Waals surface area contributed by atoms with Crippen LogP contribution in [0.4, 0.5) is 0 Å². The Bertz CT molecular complexity index is 851. The highest BCUT2D eigenvalue weighted by atomic mass is 32.1. The lowest BCUT2D eigenvalue weighted by Gasteiger charge is -2.08. The largest absolute Gasteiger partial charge is 0.290 e. The molecule has 0 aliphatic carbocycles. The first-order valence-electron chi connectivity index (χ1n) is 6.21. The fourth-order valence-electron chi connectivity index (χ4n) is 2.16. The quantitative estimate of drug-likeness (QED) is 0.563. The van der Waals surface area contributed by atoms with Crippen molar-refractivity contribution in [3.63, 3.8) is 0 Å². The summed E-state index contributed by atoms with van der Waals surface area (Å²) < 4.78 is 1.92. The smallest absolute Gasteiger partial charge is 0.172 e. The maximum atomic E-state index is 4.71. The molecule has 0 aliphatic rings. The van der Waals surface area contributed by atoms with E-state index in [1.807, 2.05) is 52.5 Å². The number of para-hydroxylation sites is 1. The third-order valence-electron chi connectivity index (χ3n) is 3.07. The minimum atomic E-state index is 0.752. The van der Waals surface area contributed by atoms with Crippen LogP contribution in [0.1, 0.15) is 0 Å². The van der Waals surface area contributed by atoms with Gasteiger partial charge in [-0.15, -0.1) is 11.3 Å². The minimum absolute atomic E-state index is 0.752. The lowest BCUT2D eigenvalue weighted by Crippen LogP contribution is -1.99. The summed E-state index contributed by atoms with van der Waals surface area (Å²) in [5, 5.41) is 3.05. The first-order chi connectivity index (χ1) is 9.92.